The number of aromatic nitrogens is 2. The predicted molar refractivity (Wildman–Crippen MR) is 108 cm³/mol. The maximum Gasteiger partial charge on any atom is 0.269 e. The highest BCUT2D eigenvalue weighted by atomic mass is 32.1. The minimum absolute atomic E-state index is 0.00746. The molecule has 0 unspecified atom stereocenters. The van der Waals surface area contributed by atoms with E-state index in [9.17, 15) is 14.3 Å². The number of carbonyl (C=O) groups excluding carboxylic acids is 1. The van der Waals surface area contributed by atoms with Gasteiger partial charge < -0.3 is 14.8 Å². The van der Waals surface area contributed by atoms with Crippen LogP contribution in [0.2, 0.25) is 0 Å². The van der Waals surface area contributed by atoms with Gasteiger partial charge in [-0.05, 0) is 53.9 Å². The van der Waals surface area contributed by atoms with Gasteiger partial charge in [0.25, 0.3) is 5.91 Å². The molecule has 148 valence electrons. The Labute approximate surface area is 170 Å². The Morgan fingerprint density at radius 3 is 2.76 bits per heavy atom. The molecule has 0 bridgehead atoms. The summed E-state index contributed by atoms with van der Waals surface area (Å²) < 4.78 is 20.2. The second-order valence-electron chi connectivity index (χ2n) is 6.49. The van der Waals surface area contributed by atoms with Gasteiger partial charge >= 0.3 is 0 Å². The lowest BCUT2D eigenvalue weighted by Crippen LogP contribution is -2.29. The fraction of sp³-hybridized carbons (Fsp3) is 0.143. The fourth-order valence-electron chi connectivity index (χ4n) is 2.91. The van der Waals surface area contributed by atoms with Gasteiger partial charge in [0.05, 0.1) is 12.2 Å². The van der Waals surface area contributed by atoms with Gasteiger partial charge in [-0.2, -0.15) is 16.4 Å². The summed E-state index contributed by atoms with van der Waals surface area (Å²) in [5.41, 5.74) is 2.54. The van der Waals surface area contributed by atoms with E-state index >= 15 is 0 Å². The number of amides is 1. The van der Waals surface area contributed by atoms with Crippen LogP contribution in [-0.2, 0) is 7.05 Å². The summed E-state index contributed by atoms with van der Waals surface area (Å²) >= 11 is 1.56. The van der Waals surface area contributed by atoms with E-state index in [4.69, 9.17) is 4.42 Å². The van der Waals surface area contributed by atoms with E-state index in [1.165, 1.54) is 16.8 Å². The summed E-state index contributed by atoms with van der Waals surface area (Å²) in [6, 6.07) is 12.9. The molecule has 0 fully saturated rings. The van der Waals surface area contributed by atoms with Gasteiger partial charge in [0.1, 0.15) is 29.1 Å². The third-order valence-electron chi connectivity index (χ3n) is 4.47. The van der Waals surface area contributed by atoms with Crippen molar-refractivity contribution < 1.29 is 18.7 Å². The average molecular weight is 411 g/mol. The number of halogens is 1. The Bertz CT molecular complexity index is 1120. The summed E-state index contributed by atoms with van der Waals surface area (Å²) in [7, 11) is 1.65. The van der Waals surface area contributed by atoms with Crippen molar-refractivity contribution in [1.29, 1.82) is 0 Å². The molecular formula is C21H18FN3O3S. The first-order valence-electron chi connectivity index (χ1n) is 8.90. The Hall–Kier alpha value is -3.23. The minimum atomic E-state index is -0.976. The molecule has 0 aliphatic carbocycles. The molecular weight excluding hydrogens is 393 g/mol. The number of aryl methyl sites for hydroxylation is 1. The molecule has 4 rings (SSSR count). The van der Waals surface area contributed by atoms with E-state index in [2.05, 4.69) is 10.4 Å². The van der Waals surface area contributed by atoms with Crippen molar-refractivity contribution in [2.75, 3.05) is 6.54 Å². The largest absolute Gasteiger partial charge is 0.458 e. The van der Waals surface area contributed by atoms with E-state index in [0.717, 1.165) is 5.56 Å². The number of furan rings is 1. The zero-order chi connectivity index (χ0) is 20.4. The minimum Gasteiger partial charge on any atom is -0.458 e. The van der Waals surface area contributed by atoms with Crippen LogP contribution in [0.25, 0.3) is 22.6 Å². The summed E-state index contributed by atoms with van der Waals surface area (Å²) in [5.74, 6) is 0.333. The molecule has 4 aromatic rings. The maximum absolute atomic E-state index is 13.1. The molecule has 29 heavy (non-hydrogen) atoms. The van der Waals surface area contributed by atoms with Gasteiger partial charge in [-0.15, -0.1) is 0 Å². The van der Waals surface area contributed by atoms with Crippen molar-refractivity contribution in [2.24, 2.45) is 7.05 Å². The Balaban J connectivity index is 1.41. The number of rotatable bonds is 6. The molecule has 3 aromatic heterocycles. The van der Waals surface area contributed by atoms with Crippen molar-refractivity contribution in [3.05, 3.63) is 76.6 Å². The van der Waals surface area contributed by atoms with Gasteiger partial charge in [-0.3, -0.25) is 9.48 Å². The van der Waals surface area contributed by atoms with Crippen LogP contribution in [0.15, 0.2) is 63.7 Å². The zero-order valence-corrected chi connectivity index (χ0v) is 16.3. The van der Waals surface area contributed by atoms with E-state index in [-0.39, 0.29) is 18.3 Å². The monoisotopic (exact) mass is 411 g/mol. The quantitative estimate of drug-likeness (QED) is 0.502. The number of aliphatic hydroxyl groups is 1. The second kappa shape index (κ2) is 8.02. The lowest BCUT2D eigenvalue weighted by atomic mass is 10.1. The number of hydrogen-bond donors (Lipinski definition) is 2. The van der Waals surface area contributed by atoms with Gasteiger partial charge in [-0.25, -0.2) is 4.39 Å². The summed E-state index contributed by atoms with van der Waals surface area (Å²) in [5, 5.41) is 21.2. The van der Waals surface area contributed by atoms with Crippen LogP contribution in [0.5, 0.6) is 0 Å². The highest BCUT2D eigenvalue weighted by Gasteiger charge is 2.18. The molecule has 0 saturated carbocycles. The lowest BCUT2D eigenvalue weighted by Gasteiger charge is -2.09. The standard InChI is InChI=1S/C21H18FN3O3S/c1-25-17(10-16(24-25)13-2-4-15(22)5-3-13)21(27)23-11-18(26)20-7-6-19(28-20)14-8-9-29-12-14/h2-10,12,18,26H,11H2,1H3,(H,23,27)/t18-/m1/s1. The van der Waals surface area contributed by atoms with Crippen molar-refractivity contribution in [3.8, 4) is 22.6 Å². The van der Waals surface area contributed by atoms with E-state index in [1.807, 2.05) is 16.8 Å². The molecule has 0 spiro atoms. The molecule has 0 saturated heterocycles. The molecule has 8 heteroatoms. The topological polar surface area (TPSA) is 80.3 Å². The van der Waals surface area contributed by atoms with Crippen molar-refractivity contribution >= 4 is 17.2 Å². The summed E-state index contributed by atoms with van der Waals surface area (Å²) in [6.45, 7) is -0.00746. The Morgan fingerprint density at radius 2 is 2.03 bits per heavy atom. The second-order valence-corrected chi connectivity index (χ2v) is 7.27. The van der Waals surface area contributed by atoms with Gasteiger partial charge in [0.15, 0.2) is 0 Å². The number of carbonyl (C=O) groups is 1. The third-order valence-corrected chi connectivity index (χ3v) is 5.15. The Kier molecular flexibility index (Phi) is 5.28. The smallest absolute Gasteiger partial charge is 0.269 e. The van der Waals surface area contributed by atoms with Crippen LogP contribution >= 0.6 is 11.3 Å². The number of nitrogens with zero attached hydrogens (tertiary/aromatic N) is 2. The number of benzene rings is 1. The van der Waals surface area contributed by atoms with Crippen LogP contribution in [0.3, 0.4) is 0 Å². The maximum atomic E-state index is 13.1. The molecule has 0 aliphatic rings. The van der Waals surface area contributed by atoms with Crippen molar-refractivity contribution in [2.45, 2.75) is 6.10 Å². The normalized spacial score (nSPS) is 12.1. The van der Waals surface area contributed by atoms with Crippen molar-refractivity contribution in [1.82, 2.24) is 15.1 Å². The predicted octanol–water partition coefficient (Wildman–Crippen LogP) is 4.01. The molecule has 1 atom stereocenters. The summed E-state index contributed by atoms with van der Waals surface area (Å²) in [6.07, 6.45) is -0.976. The van der Waals surface area contributed by atoms with Crippen LogP contribution < -0.4 is 5.32 Å². The number of thiophene rings is 1. The van der Waals surface area contributed by atoms with E-state index < -0.39 is 6.10 Å². The number of hydrogen-bond acceptors (Lipinski definition) is 5. The Morgan fingerprint density at radius 1 is 1.24 bits per heavy atom. The van der Waals surface area contributed by atoms with Crippen LogP contribution in [-0.4, -0.2) is 27.3 Å². The first-order chi connectivity index (χ1) is 14.0. The van der Waals surface area contributed by atoms with Gasteiger partial charge in [-0.1, -0.05) is 0 Å². The van der Waals surface area contributed by atoms with E-state index in [0.29, 0.717) is 28.5 Å². The molecule has 1 amide bonds. The highest BCUT2D eigenvalue weighted by Crippen LogP contribution is 2.27. The third kappa shape index (κ3) is 4.13. The molecule has 6 nitrogen and oxygen atoms in total. The van der Waals surface area contributed by atoms with Gasteiger partial charge in [0, 0.05) is 23.6 Å². The van der Waals surface area contributed by atoms with Crippen molar-refractivity contribution in [3.63, 3.8) is 0 Å². The van der Waals surface area contributed by atoms with Gasteiger partial charge in [0.2, 0.25) is 0 Å². The van der Waals surface area contributed by atoms with Crippen LogP contribution in [0.1, 0.15) is 22.4 Å². The SMILES string of the molecule is Cn1nc(-c2ccc(F)cc2)cc1C(=O)NC[C@@H](O)c1ccc(-c2ccsc2)o1. The highest BCUT2D eigenvalue weighted by molar-refractivity contribution is 7.08. The molecule has 0 aliphatic heterocycles. The van der Waals surface area contributed by atoms with E-state index in [1.54, 1.807) is 48.7 Å². The molecule has 2 N–H and O–H groups in total. The first-order valence-corrected chi connectivity index (χ1v) is 9.84. The lowest BCUT2D eigenvalue weighted by molar-refractivity contribution is 0.0892. The first kappa shape index (κ1) is 19.1. The molecule has 1 aromatic carbocycles. The van der Waals surface area contributed by atoms with Crippen LogP contribution in [0.4, 0.5) is 4.39 Å². The van der Waals surface area contributed by atoms with Crippen LogP contribution in [0, 0.1) is 5.82 Å². The number of nitrogens with one attached hydrogen (secondary N) is 1. The average Bonchev–Trinajstić information content (AvgIpc) is 3.46. The fourth-order valence-corrected chi connectivity index (χ4v) is 3.56. The molecule has 0 radical (unpaired) electrons. The summed E-state index contributed by atoms with van der Waals surface area (Å²) in [4.78, 5) is 12.5. The zero-order valence-electron chi connectivity index (χ0n) is 15.5. The number of aliphatic hydroxyl groups excluding tert-OH is 1. The molecule has 3 heterocycles.